The van der Waals surface area contributed by atoms with Crippen molar-refractivity contribution in [2.24, 2.45) is 0 Å². The molecule has 0 spiro atoms. The van der Waals surface area contributed by atoms with Crippen molar-refractivity contribution in [1.82, 2.24) is 5.32 Å². The van der Waals surface area contributed by atoms with E-state index >= 15 is 0 Å². The van der Waals surface area contributed by atoms with E-state index in [-0.39, 0.29) is 5.91 Å². The van der Waals surface area contributed by atoms with Crippen LogP contribution in [-0.4, -0.2) is 50.9 Å². The van der Waals surface area contributed by atoms with Crippen molar-refractivity contribution >= 4 is 23.5 Å². The maximum atomic E-state index is 12.2. The first-order chi connectivity index (χ1) is 12.7. The van der Waals surface area contributed by atoms with Gasteiger partial charge in [-0.2, -0.15) is 0 Å². The number of hydrogen-bond acceptors (Lipinski definition) is 3. The average Bonchev–Trinajstić information content (AvgIpc) is 2.68. The number of piperazine rings is 1. The molecule has 0 aliphatic carbocycles. The number of amides is 1. The quantitative estimate of drug-likeness (QED) is 0.547. The van der Waals surface area contributed by atoms with E-state index in [2.05, 4.69) is 52.5 Å². The van der Waals surface area contributed by atoms with E-state index < -0.39 is 0 Å². The number of carbonyl (C=O) groups excluding carboxylic acids is 1. The maximum absolute atomic E-state index is 12.2. The lowest BCUT2D eigenvalue weighted by Gasteiger charge is -2.27. The molecule has 1 saturated heterocycles. The minimum atomic E-state index is 0.157. The molecule has 0 saturated carbocycles. The molecule has 6 heteroatoms. The van der Waals surface area contributed by atoms with Gasteiger partial charge in [-0.1, -0.05) is 23.8 Å². The van der Waals surface area contributed by atoms with Gasteiger partial charge in [-0.05, 0) is 25.1 Å². The van der Waals surface area contributed by atoms with Crippen molar-refractivity contribution in [3.8, 4) is 0 Å². The van der Waals surface area contributed by atoms with Crippen molar-refractivity contribution in [3.63, 3.8) is 0 Å². The molecule has 3 rings (SSSR count). The number of quaternary nitrogens is 1. The van der Waals surface area contributed by atoms with Gasteiger partial charge in [-0.25, -0.2) is 4.98 Å². The van der Waals surface area contributed by atoms with Crippen LogP contribution in [0.2, 0.25) is 0 Å². The summed E-state index contributed by atoms with van der Waals surface area (Å²) >= 11 is 1.78. The summed E-state index contributed by atoms with van der Waals surface area (Å²) in [6.07, 6.45) is 1.95. The van der Waals surface area contributed by atoms with E-state index in [0.29, 0.717) is 6.54 Å². The lowest BCUT2D eigenvalue weighted by molar-refractivity contribution is -0.892. The van der Waals surface area contributed by atoms with Gasteiger partial charge in [0.25, 0.3) is 11.7 Å². The van der Waals surface area contributed by atoms with Crippen LogP contribution < -0.4 is 20.1 Å². The van der Waals surface area contributed by atoms with Gasteiger partial charge in [-0.15, -0.1) is 11.8 Å². The normalized spacial score (nSPS) is 15.0. The van der Waals surface area contributed by atoms with Crippen molar-refractivity contribution in [2.45, 2.75) is 11.8 Å². The summed E-state index contributed by atoms with van der Waals surface area (Å²) < 4.78 is 0. The van der Waals surface area contributed by atoms with E-state index in [1.807, 2.05) is 18.3 Å². The van der Waals surface area contributed by atoms with Gasteiger partial charge >= 0.3 is 0 Å². The molecule has 0 bridgehead atoms. The molecule has 1 fully saturated rings. The molecule has 0 atom stereocenters. The second-order valence-corrected chi connectivity index (χ2v) is 7.84. The maximum Gasteiger partial charge on any atom is 0.275 e. The molecule has 138 valence electrons. The van der Waals surface area contributed by atoms with E-state index in [0.717, 1.165) is 44.3 Å². The van der Waals surface area contributed by atoms with E-state index in [4.69, 9.17) is 0 Å². The van der Waals surface area contributed by atoms with Gasteiger partial charge < -0.3 is 10.2 Å². The molecular formula is C20H28N4OS+2. The summed E-state index contributed by atoms with van der Waals surface area (Å²) in [5.41, 5.74) is 1.27. The molecule has 1 aromatic carbocycles. The predicted molar refractivity (Wildman–Crippen MR) is 106 cm³/mol. The summed E-state index contributed by atoms with van der Waals surface area (Å²) in [4.78, 5) is 20.4. The van der Waals surface area contributed by atoms with Gasteiger partial charge in [0.1, 0.15) is 26.2 Å². The van der Waals surface area contributed by atoms with Gasteiger partial charge in [0.05, 0.1) is 6.20 Å². The van der Waals surface area contributed by atoms with Crippen LogP contribution in [0, 0.1) is 6.92 Å². The fourth-order valence-electron chi connectivity index (χ4n) is 3.10. The Morgan fingerprint density at radius 3 is 2.65 bits per heavy atom. The van der Waals surface area contributed by atoms with E-state index in [9.17, 15) is 4.79 Å². The predicted octanol–water partition coefficient (Wildman–Crippen LogP) is 0.423. The summed E-state index contributed by atoms with van der Waals surface area (Å²) in [7, 11) is 0. The highest BCUT2D eigenvalue weighted by molar-refractivity contribution is 7.99. The second kappa shape index (κ2) is 9.59. The molecule has 1 amide bonds. The number of aryl methyl sites for hydroxylation is 1. The third-order valence-electron chi connectivity index (χ3n) is 4.63. The third kappa shape index (κ3) is 5.75. The number of anilines is 1. The van der Waals surface area contributed by atoms with E-state index in [1.165, 1.54) is 15.4 Å². The summed E-state index contributed by atoms with van der Waals surface area (Å²) in [6.45, 7) is 7.33. The van der Waals surface area contributed by atoms with Crippen LogP contribution in [0.15, 0.2) is 53.6 Å². The molecule has 3 N–H and O–H groups in total. The highest BCUT2D eigenvalue weighted by Crippen LogP contribution is 2.17. The molecule has 0 radical (unpaired) electrons. The third-order valence-corrected chi connectivity index (χ3v) is 5.64. The first-order valence-corrected chi connectivity index (χ1v) is 10.2. The van der Waals surface area contributed by atoms with Crippen LogP contribution in [0.3, 0.4) is 0 Å². The number of aromatic nitrogens is 1. The van der Waals surface area contributed by atoms with Crippen LogP contribution in [0.25, 0.3) is 0 Å². The van der Waals surface area contributed by atoms with Crippen LogP contribution in [0.5, 0.6) is 0 Å². The molecule has 0 unspecified atom stereocenters. The van der Waals surface area contributed by atoms with Gasteiger partial charge in [-0.3, -0.25) is 9.69 Å². The Hall–Kier alpha value is -2.05. The Labute approximate surface area is 159 Å². The molecule has 1 aromatic heterocycles. The van der Waals surface area contributed by atoms with Crippen molar-refractivity contribution in [1.29, 1.82) is 0 Å². The van der Waals surface area contributed by atoms with Crippen molar-refractivity contribution < 1.29 is 14.7 Å². The topological polar surface area (TPSA) is 50.9 Å². The highest BCUT2D eigenvalue weighted by atomic mass is 32.2. The summed E-state index contributed by atoms with van der Waals surface area (Å²) in [6, 6.07) is 14.7. The summed E-state index contributed by atoms with van der Waals surface area (Å²) in [5, 5.41) is 3.05. The van der Waals surface area contributed by atoms with Crippen LogP contribution >= 0.6 is 11.8 Å². The number of nitrogens with one attached hydrogen (secondary N) is 3. The number of carbonyl (C=O) groups is 1. The monoisotopic (exact) mass is 372 g/mol. The zero-order valence-corrected chi connectivity index (χ0v) is 16.1. The molecular weight excluding hydrogens is 344 g/mol. The average molecular weight is 373 g/mol. The summed E-state index contributed by atoms with van der Waals surface area (Å²) in [5.74, 6) is 2.22. The molecule has 5 nitrogen and oxygen atoms in total. The van der Waals surface area contributed by atoms with Crippen LogP contribution in [0.1, 0.15) is 5.56 Å². The Morgan fingerprint density at radius 2 is 1.96 bits per heavy atom. The number of H-pyrrole nitrogens is 1. The fourth-order valence-corrected chi connectivity index (χ4v) is 3.87. The minimum Gasteiger partial charge on any atom is -0.350 e. The van der Waals surface area contributed by atoms with Crippen LogP contribution in [0.4, 0.5) is 5.82 Å². The van der Waals surface area contributed by atoms with Gasteiger partial charge in [0.2, 0.25) is 0 Å². The number of benzene rings is 1. The lowest BCUT2D eigenvalue weighted by Crippen LogP contribution is -3.16. The first kappa shape index (κ1) is 18.7. The number of nitrogens with zero attached hydrogens (tertiary/aromatic N) is 1. The fraction of sp³-hybridized carbons (Fsp3) is 0.400. The highest BCUT2D eigenvalue weighted by Gasteiger charge is 2.26. The standard InChI is InChI=1S/C20H26N4OS/c1-17-5-7-18(8-6-17)26-15-10-22-20(25)16-23-11-13-24(14-12-23)19-4-2-3-9-21-19/h2-9H,10-16H2,1H3,(H,22,25)/p+2. The van der Waals surface area contributed by atoms with Gasteiger partial charge in [0, 0.05) is 23.3 Å². The molecule has 2 heterocycles. The van der Waals surface area contributed by atoms with Gasteiger partial charge in [0.15, 0.2) is 6.54 Å². The first-order valence-electron chi connectivity index (χ1n) is 9.22. The lowest BCUT2D eigenvalue weighted by atomic mass is 10.2. The largest absolute Gasteiger partial charge is 0.350 e. The van der Waals surface area contributed by atoms with Crippen molar-refractivity contribution in [3.05, 3.63) is 54.2 Å². The zero-order chi connectivity index (χ0) is 18.2. The smallest absolute Gasteiger partial charge is 0.275 e. The Bertz CT molecular complexity index is 685. The molecule has 1 aliphatic heterocycles. The Kier molecular flexibility index (Phi) is 6.91. The Balaban J connectivity index is 1.31. The van der Waals surface area contributed by atoms with Crippen molar-refractivity contribution in [2.75, 3.05) is 49.9 Å². The molecule has 1 aliphatic rings. The van der Waals surface area contributed by atoms with E-state index in [1.54, 1.807) is 11.8 Å². The number of rotatable bonds is 7. The van der Waals surface area contributed by atoms with Crippen LogP contribution in [-0.2, 0) is 4.79 Å². The number of thioether (sulfide) groups is 1. The minimum absolute atomic E-state index is 0.157. The molecule has 26 heavy (non-hydrogen) atoms. The zero-order valence-electron chi connectivity index (χ0n) is 15.3. The number of aromatic amines is 1. The SMILES string of the molecule is Cc1ccc(SCCNC(=O)C[NH+]2CCN(c3cccc[nH+]3)CC2)cc1. The molecule has 2 aromatic rings. The second-order valence-electron chi connectivity index (χ2n) is 6.67. The Morgan fingerprint density at radius 1 is 1.19 bits per heavy atom. The number of hydrogen-bond donors (Lipinski definition) is 2. The number of pyridine rings is 1.